The van der Waals surface area contributed by atoms with Crippen molar-refractivity contribution in [2.24, 2.45) is 0 Å². The summed E-state index contributed by atoms with van der Waals surface area (Å²) >= 11 is 0. The van der Waals surface area contributed by atoms with Crippen LogP contribution < -0.4 is 10.1 Å². The van der Waals surface area contributed by atoms with Crippen LogP contribution in [0, 0.1) is 6.92 Å². The largest absolute Gasteiger partial charge is 0.497 e. The van der Waals surface area contributed by atoms with E-state index >= 15 is 0 Å². The lowest BCUT2D eigenvalue weighted by molar-refractivity contribution is -0.108. The number of anilines is 1. The molecule has 4 aromatic rings. The molecule has 4 rings (SSSR count). The van der Waals surface area contributed by atoms with E-state index in [-0.39, 0.29) is 15.4 Å². The molecule has 0 fully saturated rings. The molecular weight excluding hydrogens is 504 g/mol. The fraction of sp³-hybridized carbons (Fsp3) is 0.138. The number of hydrogen-bond acceptors (Lipinski definition) is 8. The highest BCUT2D eigenvalue weighted by atomic mass is 32.2. The van der Waals surface area contributed by atoms with Gasteiger partial charge in [0.05, 0.1) is 29.6 Å². The summed E-state index contributed by atoms with van der Waals surface area (Å²) in [5, 5.41) is 3.12. The number of aryl methyl sites for hydroxylation is 1. The van der Waals surface area contributed by atoms with E-state index in [0.29, 0.717) is 23.3 Å². The van der Waals surface area contributed by atoms with E-state index in [2.05, 4.69) is 10.3 Å². The third-order valence-corrected chi connectivity index (χ3v) is 7.80. The number of nitrogens with one attached hydrogen (secondary N) is 1. The molecule has 3 aromatic carbocycles. The van der Waals surface area contributed by atoms with E-state index in [9.17, 15) is 18.0 Å². The maximum atomic E-state index is 13.5. The van der Waals surface area contributed by atoms with E-state index in [1.54, 1.807) is 36.4 Å². The Kier molecular flexibility index (Phi) is 7.87. The standard InChI is InChI=1S/C29H26N2O6S/c1-19-13-21(15-22(14-19)29(33)37-3)20-5-4-6-23(16-20)31-27(18-32)26-17-30-12-11-28(26)38(34,35)25-9-7-24(36-2)8-10-25/h4-18,27,31H,1-3H3. The van der Waals surface area contributed by atoms with Gasteiger partial charge in [-0.3, -0.25) is 4.98 Å². The summed E-state index contributed by atoms with van der Waals surface area (Å²) < 4.78 is 36.9. The number of hydrogen-bond donors (Lipinski definition) is 1. The molecule has 194 valence electrons. The summed E-state index contributed by atoms with van der Waals surface area (Å²) in [7, 11) is -1.13. The molecule has 0 bridgehead atoms. The van der Waals surface area contributed by atoms with Crippen LogP contribution in [-0.2, 0) is 19.4 Å². The number of aromatic nitrogens is 1. The van der Waals surface area contributed by atoms with Crippen LogP contribution in [0.1, 0.15) is 27.5 Å². The van der Waals surface area contributed by atoms with Crippen molar-refractivity contribution in [3.05, 3.63) is 102 Å². The van der Waals surface area contributed by atoms with Crippen LogP contribution in [0.25, 0.3) is 11.1 Å². The van der Waals surface area contributed by atoms with Gasteiger partial charge < -0.3 is 19.6 Å². The first-order valence-electron chi connectivity index (χ1n) is 11.6. The molecule has 1 heterocycles. The number of sulfone groups is 1. The third-order valence-electron chi connectivity index (χ3n) is 5.96. The highest BCUT2D eigenvalue weighted by Gasteiger charge is 2.26. The number of pyridine rings is 1. The van der Waals surface area contributed by atoms with Crippen molar-refractivity contribution in [3.8, 4) is 16.9 Å². The zero-order chi connectivity index (χ0) is 27.3. The Morgan fingerprint density at radius 3 is 2.42 bits per heavy atom. The number of benzene rings is 3. The van der Waals surface area contributed by atoms with Gasteiger partial charge in [0.25, 0.3) is 0 Å². The van der Waals surface area contributed by atoms with Crippen molar-refractivity contribution >= 4 is 27.8 Å². The Hall–Kier alpha value is -4.50. The number of carbonyl (C=O) groups excluding carboxylic acids is 2. The molecule has 1 unspecified atom stereocenters. The fourth-order valence-electron chi connectivity index (χ4n) is 4.09. The van der Waals surface area contributed by atoms with Gasteiger partial charge in [-0.25, -0.2) is 13.2 Å². The van der Waals surface area contributed by atoms with Gasteiger partial charge in [-0.1, -0.05) is 18.2 Å². The number of carbonyl (C=O) groups is 2. The molecular formula is C29H26N2O6S. The lowest BCUT2D eigenvalue weighted by atomic mass is 9.99. The van der Waals surface area contributed by atoms with Gasteiger partial charge in [0.1, 0.15) is 18.1 Å². The van der Waals surface area contributed by atoms with Crippen LogP contribution in [0.4, 0.5) is 5.69 Å². The van der Waals surface area contributed by atoms with Crippen molar-refractivity contribution < 1.29 is 27.5 Å². The molecule has 38 heavy (non-hydrogen) atoms. The Morgan fingerprint density at radius 1 is 0.974 bits per heavy atom. The van der Waals surface area contributed by atoms with Gasteiger partial charge in [-0.15, -0.1) is 0 Å². The van der Waals surface area contributed by atoms with E-state index in [1.807, 2.05) is 25.1 Å². The van der Waals surface area contributed by atoms with Crippen molar-refractivity contribution in [3.63, 3.8) is 0 Å². The lowest BCUT2D eigenvalue weighted by Crippen LogP contribution is -2.17. The van der Waals surface area contributed by atoms with Crippen LogP contribution in [0.2, 0.25) is 0 Å². The minimum atomic E-state index is -3.95. The van der Waals surface area contributed by atoms with Crippen LogP contribution in [0.15, 0.2) is 95.0 Å². The number of aldehydes is 1. The number of methoxy groups -OCH3 is 2. The predicted octanol–water partition coefficient (Wildman–Crippen LogP) is 5.04. The smallest absolute Gasteiger partial charge is 0.337 e. The van der Waals surface area contributed by atoms with Crippen molar-refractivity contribution in [1.82, 2.24) is 4.98 Å². The first-order chi connectivity index (χ1) is 18.3. The normalized spacial score (nSPS) is 11.9. The number of nitrogens with zero attached hydrogens (tertiary/aromatic N) is 1. The number of rotatable bonds is 9. The van der Waals surface area contributed by atoms with Crippen molar-refractivity contribution in [1.29, 1.82) is 0 Å². The summed E-state index contributed by atoms with van der Waals surface area (Å²) in [6.45, 7) is 1.88. The first kappa shape index (κ1) is 26.6. The number of esters is 1. The van der Waals surface area contributed by atoms with Crippen molar-refractivity contribution in [2.45, 2.75) is 22.8 Å². The Labute approximate surface area is 221 Å². The van der Waals surface area contributed by atoms with E-state index in [0.717, 1.165) is 16.7 Å². The Morgan fingerprint density at radius 2 is 1.74 bits per heavy atom. The molecule has 9 heteroatoms. The fourth-order valence-corrected chi connectivity index (χ4v) is 5.57. The molecule has 1 aromatic heterocycles. The van der Waals surface area contributed by atoms with E-state index in [1.165, 1.54) is 44.8 Å². The topological polar surface area (TPSA) is 112 Å². The summed E-state index contributed by atoms with van der Waals surface area (Å²) in [5.74, 6) is 0.0889. The molecule has 0 aliphatic carbocycles. The predicted molar refractivity (Wildman–Crippen MR) is 143 cm³/mol. The van der Waals surface area contributed by atoms with Crippen LogP contribution in [-0.4, -0.2) is 39.9 Å². The second-order valence-electron chi connectivity index (χ2n) is 8.51. The highest BCUT2D eigenvalue weighted by molar-refractivity contribution is 7.91. The third kappa shape index (κ3) is 5.57. The minimum Gasteiger partial charge on any atom is -0.497 e. The lowest BCUT2D eigenvalue weighted by Gasteiger charge is -2.18. The molecule has 0 saturated heterocycles. The quantitative estimate of drug-likeness (QED) is 0.237. The average Bonchev–Trinajstić information content (AvgIpc) is 2.95. The van der Waals surface area contributed by atoms with Gasteiger partial charge in [-0.2, -0.15) is 0 Å². The van der Waals surface area contributed by atoms with Crippen molar-refractivity contribution in [2.75, 3.05) is 19.5 Å². The van der Waals surface area contributed by atoms with Gasteiger partial charge in [0, 0.05) is 23.6 Å². The Bertz CT molecular complexity index is 1580. The summed E-state index contributed by atoms with van der Waals surface area (Å²) in [6.07, 6.45) is 3.38. The molecule has 0 radical (unpaired) electrons. The maximum Gasteiger partial charge on any atom is 0.337 e. The molecule has 0 amide bonds. The summed E-state index contributed by atoms with van der Waals surface area (Å²) in [5.41, 5.74) is 3.70. The number of ether oxygens (including phenoxy) is 2. The summed E-state index contributed by atoms with van der Waals surface area (Å²) in [6, 6.07) is 19.1. The minimum absolute atomic E-state index is 0.0279. The monoisotopic (exact) mass is 530 g/mol. The molecule has 0 aliphatic rings. The van der Waals surface area contributed by atoms with E-state index < -0.39 is 21.8 Å². The van der Waals surface area contributed by atoms with Crippen LogP contribution >= 0.6 is 0 Å². The first-order valence-corrected chi connectivity index (χ1v) is 13.1. The van der Waals surface area contributed by atoms with Gasteiger partial charge >= 0.3 is 5.97 Å². The molecule has 1 atom stereocenters. The zero-order valence-corrected chi connectivity index (χ0v) is 21.9. The van der Waals surface area contributed by atoms with Crippen LogP contribution in [0.5, 0.6) is 5.75 Å². The van der Waals surface area contributed by atoms with Gasteiger partial charge in [0.15, 0.2) is 0 Å². The molecule has 0 aliphatic heterocycles. The maximum absolute atomic E-state index is 13.5. The van der Waals surface area contributed by atoms with E-state index in [4.69, 9.17) is 9.47 Å². The SMILES string of the molecule is COC(=O)c1cc(C)cc(-c2cccc(NC(C=O)c3cnccc3S(=O)(=O)c3ccc(OC)cc3)c2)c1. The summed E-state index contributed by atoms with van der Waals surface area (Å²) in [4.78, 5) is 28.4. The Balaban J connectivity index is 1.68. The molecule has 0 saturated carbocycles. The zero-order valence-electron chi connectivity index (χ0n) is 21.0. The van der Waals surface area contributed by atoms with Gasteiger partial charge in [0.2, 0.25) is 9.84 Å². The molecule has 8 nitrogen and oxygen atoms in total. The van der Waals surface area contributed by atoms with Crippen LogP contribution in [0.3, 0.4) is 0 Å². The second-order valence-corrected chi connectivity index (χ2v) is 10.4. The highest BCUT2D eigenvalue weighted by Crippen LogP contribution is 2.31. The molecule has 0 spiro atoms. The van der Waals surface area contributed by atoms with Gasteiger partial charge in [-0.05, 0) is 78.2 Å². The molecule has 1 N–H and O–H groups in total. The average molecular weight is 531 g/mol. The second kappa shape index (κ2) is 11.3.